The van der Waals surface area contributed by atoms with Crippen molar-refractivity contribution in [1.29, 1.82) is 10.5 Å². The van der Waals surface area contributed by atoms with Gasteiger partial charge in [0.15, 0.2) is 0 Å². The van der Waals surface area contributed by atoms with E-state index in [0.29, 0.717) is 34.5 Å². The van der Waals surface area contributed by atoms with E-state index in [2.05, 4.69) is 16.4 Å². The van der Waals surface area contributed by atoms with E-state index >= 15 is 0 Å². The average molecular weight is 455 g/mol. The van der Waals surface area contributed by atoms with Crippen LogP contribution in [0.4, 0.5) is 11.4 Å². The third-order valence-electron chi connectivity index (χ3n) is 4.99. The third kappa shape index (κ3) is 4.74. The predicted molar refractivity (Wildman–Crippen MR) is 125 cm³/mol. The van der Waals surface area contributed by atoms with Crippen molar-refractivity contribution in [3.05, 3.63) is 76.2 Å². The van der Waals surface area contributed by atoms with Crippen molar-refractivity contribution in [2.45, 2.75) is 20.0 Å². The first kappa shape index (κ1) is 21.8. The fourth-order valence-electron chi connectivity index (χ4n) is 3.47. The number of carbonyl (C=O) groups is 2. The lowest BCUT2D eigenvalue weighted by atomic mass is 10.2. The van der Waals surface area contributed by atoms with Gasteiger partial charge in [-0.05, 0) is 64.9 Å². The smallest absolute Gasteiger partial charge is 0.247 e. The second-order valence-electron chi connectivity index (χ2n) is 7.29. The number of hydrogen-bond acceptors (Lipinski definition) is 6. The predicted octanol–water partition coefficient (Wildman–Crippen LogP) is 4.03. The Balaban J connectivity index is 1.69. The summed E-state index contributed by atoms with van der Waals surface area (Å²) in [4.78, 5) is 30.7. The first-order valence-electron chi connectivity index (χ1n) is 9.98. The maximum atomic E-state index is 13.5. The summed E-state index contributed by atoms with van der Waals surface area (Å²) in [5.74, 6) is -0.321. The van der Waals surface area contributed by atoms with Crippen LogP contribution in [-0.2, 0) is 22.7 Å². The van der Waals surface area contributed by atoms with E-state index in [1.807, 2.05) is 22.9 Å². The zero-order valence-corrected chi connectivity index (χ0v) is 18.5. The normalized spacial score (nSPS) is 10.4. The Morgan fingerprint density at radius 3 is 2.55 bits per heavy atom. The Hall–Kier alpha value is -4.47. The van der Waals surface area contributed by atoms with Gasteiger partial charge < -0.3 is 14.8 Å². The molecule has 0 unspecified atom stereocenters. The highest BCUT2D eigenvalue weighted by Gasteiger charge is 2.21. The first-order chi connectivity index (χ1) is 16.0. The molecule has 0 saturated carbocycles. The van der Waals surface area contributed by atoms with Crippen LogP contribution in [0.1, 0.15) is 23.9 Å². The van der Waals surface area contributed by atoms with Crippen molar-refractivity contribution in [2.75, 3.05) is 10.2 Å². The fraction of sp³-hybridized carbons (Fsp3) is 0.125. The zero-order valence-electron chi connectivity index (χ0n) is 17.6. The van der Waals surface area contributed by atoms with Gasteiger partial charge in [0.05, 0.1) is 29.2 Å². The molecule has 4 aromatic rings. The van der Waals surface area contributed by atoms with E-state index in [4.69, 9.17) is 0 Å². The standard InChI is InChI=1S/C24H18N6O2S/c1-16(31)27-19-3-5-20(6-4-19)29(13-18-8-9-33-15-18)24(32)14-30-22-10-17(11-25)2-7-21(22)28-23(30)12-26/h2-10,15H,13-14H2,1H3,(H,27,31). The van der Waals surface area contributed by atoms with Gasteiger partial charge in [-0.25, -0.2) is 4.98 Å². The molecule has 162 valence electrons. The van der Waals surface area contributed by atoms with Crippen molar-refractivity contribution < 1.29 is 9.59 Å². The molecule has 0 fully saturated rings. The zero-order chi connectivity index (χ0) is 23.4. The SMILES string of the molecule is CC(=O)Nc1ccc(N(Cc2ccsc2)C(=O)Cn2c(C#N)nc3ccc(C#N)cc32)cc1. The topological polar surface area (TPSA) is 115 Å². The summed E-state index contributed by atoms with van der Waals surface area (Å²) in [7, 11) is 0. The van der Waals surface area contributed by atoms with Crippen molar-refractivity contribution in [1.82, 2.24) is 9.55 Å². The van der Waals surface area contributed by atoms with Gasteiger partial charge in [-0.3, -0.25) is 9.59 Å². The molecular weight excluding hydrogens is 436 g/mol. The second-order valence-corrected chi connectivity index (χ2v) is 8.07. The quantitative estimate of drug-likeness (QED) is 0.472. The molecule has 2 heterocycles. The van der Waals surface area contributed by atoms with Gasteiger partial charge in [0.1, 0.15) is 12.6 Å². The molecule has 2 aromatic heterocycles. The molecule has 0 bridgehead atoms. The molecule has 0 saturated heterocycles. The summed E-state index contributed by atoms with van der Waals surface area (Å²) in [6, 6.07) is 18.0. The number of amides is 2. The van der Waals surface area contributed by atoms with E-state index in [-0.39, 0.29) is 24.2 Å². The maximum absolute atomic E-state index is 13.5. The molecule has 33 heavy (non-hydrogen) atoms. The molecule has 0 spiro atoms. The number of imidazole rings is 1. The Kier molecular flexibility index (Phi) is 6.16. The highest BCUT2D eigenvalue weighted by Crippen LogP contribution is 2.23. The number of thiophene rings is 1. The molecule has 0 aliphatic carbocycles. The largest absolute Gasteiger partial charge is 0.326 e. The van der Waals surface area contributed by atoms with Crippen LogP contribution in [0.25, 0.3) is 11.0 Å². The fourth-order valence-corrected chi connectivity index (χ4v) is 4.13. The van der Waals surface area contributed by atoms with Gasteiger partial charge in [0.2, 0.25) is 17.6 Å². The molecule has 0 aliphatic rings. The van der Waals surface area contributed by atoms with Crippen LogP contribution in [0.5, 0.6) is 0 Å². The number of rotatable bonds is 6. The number of nitrogens with zero attached hydrogens (tertiary/aromatic N) is 5. The number of benzene rings is 2. The van der Waals surface area contributed by atoms with Crippen LogP contribution in [0.3, 0.4) is 0 Å². The number of hydrogen-bond donors (Lipinski definition) is 1. The van der Waals surface area contributed by atoms with E-state index in [0.717, 1.165) is 5.56 Å². The van der Waals surface area contributed by atoms with Crippen LogP contribution in [-0.4, -0.2) is 21.4 Å². The number of nitrogens with one attached hydrogen (secondary N) is 1. The summed E-state index contributed by atoms with van der Waals surface area (Å²) in [5.41, 5.74) is 3.77. The Morgan fingerprint density at radius 1 is 1.12 bits per heavy atom. The second kappa shape index (κ2) is 9.35. The molecule has 1 N–H and O–H groups in total. The number of nitriles is 2. The van der Waals surface area contributed by atoms with Gasteiger partial charge >= 0.3 is 0 Å². The molecule has 4 rings (SSSR count). The molecule has 0 atom stereocenters. The summed E-state index contributed by atoms with van der Waals surface area (Å²) in [6.45, 7) is 1.66. The van der Waals surface area contributed by atoms with Crippen molar-refractivity contribution in [3.8, 4) is 12.1 Å². The van der Waals surface area contributed by atoms with E-state index in [1.54, 1.807) is 58.7 Å². The highest BCUT2D eigenvalue weighted by molar-refractivity contribution is 7.07. The third-order valence-corrected chi connectivity index (χ3v) is 5.72. The lowest BCUT2D eigenvalue weighted by molar-refractivity contribution is -0.119. The van der Waals surface area contributed by atoms with Gasteiger partial charge in [-0.1, -0.05) is 0 Å². The van der Waals surface area contributed by atoms with Crippen molar-refractivity contribution >= 4 is 45.6 Å². The minimum atomic E-state index is -0.244. The van der Waals surface area contributed by atoms with E-state index in [1.165, 1.54) is 11.5 Å². The van der Waals surface area contributed by atoms with E-state index in [9.17, 15) is 20.1 Å². The molecule has 8 nitrogen and oxygen atoms in total. The van der Waals surface area contributed by atoms with Crippen molar-refractivity contribution in [3.63, 3.8) is 0 Å². The summed E-state index contributed by atoms with van der Waals surface area (Å²) in [5, 5.41) is 25.4. The van der Waals surface area contributed by atoms with Crippen LogP contribution >= 0.6 is 11.3 Å². The Bertz CT molecular complexity index is 1410. The van der Waals surface area contributed by atoms with E-state index < -0.39 is 0 Å². The van der Waals surface area contributed by atoms with Crippen LogP contribution in [0, 0.1) is 22.7 Å². The molecule has 0 aliphatic heterocycles. The van der Waals surface area contributed by atoms with Gasteiger partial charge in [-0.15, -0.1) is 0 Å². The number of anilines is 2. The van der Waals surface area contributed by atoms with Crippen molar-refractivity contribution in [2.24, 2.45) is 0 Å². The summed E-state index contributed by atoms with van der Waals surface area (Å²) < 4.78 is 1.53. The van der Waals surface area contributed by atoms with Gasteiger partial charge in [-0.2, -0.15) is 21.9 Å². The molecule has 2 aromatic carbocycles. The lowest BCUT2D eigenvalue weighted by Gasteiger charge is -2.23. The minimum absolute atomic E-state index is 0.102. The van der Waals surface area contributed by atoms with Crippen LogP contribution in [0.15, 0.2) is 59.3 Å². The Labute approximate surface area is 193 Å². The van der Waals surface area contributed by atoms with Gasteiger partial charge in [0.25, 0.3) is 0 Å². The lowest BCUT2D eigenvalue weighted by Crippen LogP contribution is -2.33. The molecular formula is C24H18N6O2S. The molecule has 0 radical (unpaired) electrons. The summed E-state index contributed by atoms with van der Waals surface area (Å²) >= 11 is 1.54. The Morgan fingerprint density at radius 2 is 1.91 bits per heavy atom. The van der Waals surface area contributed by atoms with Crippen LogP contribution < -0.4 is 10.2 Å². The molecule has 9 heteroatoms. The average Bonchev–Trinajstić information content (AvgIpc) is 3.45. The first-order valence-corrected chi connectivity index (χ1v) is 10.9. The number of carbonyl (C=O) groups excluding carboxylic acids is 2. The number of aromatic nitrogens is 2. The minimum Gasteiger partial charge on any atom is -0.326 e. The maximum Gasteiger partial charge on any atom is 0.247 e. The van der Waals surface area contributed by atoms with Crippen LogP contribution in [0.2, 0.25) is 0 Å². The van der Waals surface area contributed by atoms with Gasteiger partial charge in [0, 0.05) is 18.3 Å². The highest BCUT2D eigenvalue weighted by atomic mass is 32.1. The molecule has 2 amide bonds. The monoisotopic (exact) mass is 454 g/mol. The summed E-state index contributed by atoms with van der Waals surface area (Å²) in [6.07, 6.45) is 0. The number of fused-ring (bicyclic) bond motifs is 1.